The molecule has 1 aliphatic heterocycles. The summed E-state index contributed by atoms with van der Waals surface area (Å²) >= 11 is 0. The average molecular weight is 357 g/mol. The van der Waals surface area contributed by atoms with E-state index in [1.807, 2.05) is 24.3 Å². The summed E-state index contributed by atoms with van der Waals surface area (Å²) in [4.78, 5) is 23.6. The van der Waals surface area contributed by atoms with Gasteiger partial charge in [0.2, 0.25) is 0 Å². The molecule has 3 aromatic carbocycles. The molecule has 5 heteroatoms. The van der Waals surface area contributed by atoms with E-state index in [1.165, 1.54) is 12.1 Å². The van der Waals surface area contributed by atoms with Gasteiger partial charge in [0, 0.05) is 5.56 Å². The minimum Gasteiger partial charge on any atom is -0.478 e. The predicted octanol–water partition coefficient (Wildman–Crippen LogP) is 5.13. The quantitative estimate of drug-likeness (QED) is 0.391. The first kappa shape index (κ1) is 16.6. The monoisotopic (exact) mass is 357 g/mol. The van der Waals surface area contributed by atoms with Crippen LogP contribution in [-0.2, 0) is 0 Å². The van der Waals surface area contributed by atoms with E-state index < -0.39 is 5.97 Å². The predicted molar refractivity (Wildman–Crippen MR) is 103 cm³/mol. The number of aromatic carboxylic acids is 1. The molecule has 1 heterocycles. The molecular weight excluding hydrogens is 342 g/mol. The third kappa shape index (κ3) is 3.30. The summed E-state index contributed by atoms with van der Waals surface area (Å²) in [5, 5.41) is 12.4. The average Bonchev–Trinajstić information content (AvgIpc) is 2.70. The van der Waals surface area contributed by atoms with E-state index in [9.17, 15) is 14.7 Å². The normalized spacial score (nSPS) is 11.9. The second-order valence-corrected chi connectivity index (χ2v) is 6.03. The van der Waals surface area contributed by atoms with Crippen molar-refractivity contribution in [1.82, 2.24) is 0 Å². The van der Waals surface area contributed by atoms with Crippen LogP contribution >= 0.6 is 0 Å². The van der Waals surface area contributed by atoms with E-state index in [2.05, 4.69) is 5.32 Å². The van der Waals surface area contributed by atoms with E-state index in [-0.39, 0.29) is 11.3 Å². The summed E-state index contributed by atoms with van der Waals surface area (Å²) in [6, 6.07) is 19.3. The standard InChI is InChI=1S/C22H15NO4/c24-18(15-5-2-1-3-6-15)12-10-14-9-11-17-20(13-14)27-19-8-4-7-16(22(25)26)21(19)23-17/h1-13,23H,(H,25,26). The van der Waals surface area contributed by atoms with Gasteiger partial charge < -0.3 is 15.2 Å². The fourth-order valence-corrected chi connectivity index (χ4v) is 2.88. The fraction of sp³-hybridized carbons (Fsp3) is 0. The molecule has 0 spiro atoms. The Hall–Kier alpha value is -3.86. The number of ether oxygens (including phenoxy) is 1. The maximum atomic E-state index is 12.2. The van der Waals surface area contributed by atoms with Crippen LogP contribution in [0.2, 0.25) is 0 Å². The minimum atomic E-state index is -1.02. The molecule has 27 heavy (non-hydrogen) atoms. The third-order valence-electron chi connectivity index (χ3n) is 4.23. The number of carbonyl (C=O) groups is 2. The van der Waals surface area contributed by atoms with Gasteiger partial charge in [-0.05, 0) is 35.9 Å². The summed E-state index contributed by atoms with van der Waals surface area (Å²) in [6.45, 7) is 0. The molecule has 5 nitrogen and oxygen atoms in total. The maximum Gasteiger partial charge on any atom is 0.337 e. The molecule has 0 radical (unpaired) electrons. The van der Waals surface area contributed by atoms with Crippen LogP contribution in [0.25, 0.3) is 6.08 Å². The largest absolute Gasteiger partial charge is 0.478 e. The molecule has 0 amide bonds. The van der Waals surface area contributed by atoms with Crippen molar-refractivity contribution in [2.24, 2.45) is 0 Å². The van der Waals surface area contributed by atoms with E-state index in [4.69, 9.17) is 4.74 Å². The Balaban J connectivity index is 1.59. The summed E-state index contributed by atoms with van der Waals surface area (Å²) in [5.41, 5.74) is 2.68. The third-order valence-corrected chi connectivity index (χ3v) is 4.23. The van der Waals surface area contributed by atoms with Crippen LogP contribution in [0.1, 0.15) is 26.3 Å². The van der Waals surface area contributed by atoms with Crippen LogP contribution in [0.15, 0.2) is 72.8 Å². The van der Waals surface area contributed by atoms with Gasteiger partial charge in [-0.2, -0.15) is 0 Å². The summed E-state index contributed by atoms with van der Waals surface area (Å²) in [7, 11) is 0. The summed E-state index contributed by atoms with van der Waals surface area (Å²) in [6.07, 6.45) is 3.24. The second-order valence-electron chi connectivity index (χ2n) is 6.03. The van der Waals surface area contributed by atoms with Gasteiger partial charge in [-0.3, -0.25) is 4.79 Å². The number of carbonyl (C=O) groups excluding carboxylic acids is 1. The van der Waals surface area contributed by atoms with Crippen molar-refractivity contribution >= 4 is 29.2 Å². The van der Waals surface area contributed by atoms with Crippen molar-refractivity contribution in [3.05, 3.63) is 89.5 Å². The van der Waals surface area contributed by atoms with Gasteiger partial charge >= 0.3 is 5.97 Å². The Labute approximate surface area is 155 Å². The number of anilines is 2. The molecule has 0 atom stereocenters. The Bertz CT molecular complexity index is 1070. The zero-order chi connectivity index (χ0) is 18.8. The van der Waals surface area contributed by atoms with Crippen molar-refractivity contribution in [2.45, 2.75) is 0 Å². The first-order chi connectivity index (χ1) is 13.1. The molecule has 3 aromatic rings. The SMILES string of the molecule is O=C(C=Cc1ccc2c(c1)Oc1cccc(C(=O)O)c1N2)c1ccccc1. The molecule has 0 fully saturated rings. The molecule has 4 rings (SSSR count). The molecular formula is C22H15NO4. The molecule has 1 aliphatic rings. The molecule has 0 aromatic heterocycles. The van der Waals surface area contributed by atoms with E-state index in [0.29, 0.717) is 28.4 Å². The number of hydrogen-bond acceptors (Lipinski definition) is 4. The molecule has 0 bridgehead atoms. The van der Waals surface area contributed by atoms with Crippen LogP contribution in [-0.4, -0.2) is 16.9 Å². The zero-order valence-corrected chi connectivity index (χ0v) is 14.2. The van der Waals surface area contributed by atoms with Crippen LogP contribution < -0.4 is 10.1 Å². The van der Waals surface area contributed by atoms with Gasteiger partial charge in [-0.25, -0.2) is 4.79 Å². The number of ketones is 1. The molecule has 0 aliphatic carbocycles. The van der Waals surface area contributed by atoms with Crippen molar-refractivity contribution in [1.29, 1.82) is 0 Å². The number of carboxylic acid groups (broad SMARTS) is 1. The molecule has 0 saturated heterocycles. The van der Waals surface area contributed by atoms with Crippen LogP contribution in [0, 0.1) is 0 Å². The first-order valence-corrected chi connectivity index (χ1v) is 8.34. The van der Waals surface area contributed by atoms with Crippen LogP contribution in [0.5, 0.6) is 11.5 Å². The lowest BCUT2D eigenvalue weighted by Crippen LogP contribution is -2.08. The number of nitrogens with one attached hydrogen (secondary N) is 1. The Morgan fingerprint density at radius 3 is 2.52 bits per heavy atom. The second kappa shape index (κ2) is 6.80. The number of benzene rings is 3. The number of allylic oxidation sites excluding steroid dienone is 1. The Kier molecular flexibility index (Phi) is 4.18. The van der Waals surface area contributed by atoms with Gasteiger partial charge in [0.1, 0.15) is 0 Å². The fourth-order valence-electron chi connectivity index (χ4n) is 2.88. The topological polar surface area (TPSA) is 75.6 Å². The van der Waals surface area contributed by atoms with Gasteiger partial charge in [-0.1, -0.05) is 48.5 Å². The molecule has 132 valence electrons. The zero-order valence-electron chi connectivity index (χ0n) is 14.2. The maximum absolute atomic E-state index is 12.2. The Morgan fingerprint density at radius 1 is 0.926 bits per heavy atom. The highest BCUT2D eigenvalue weighted by Crippen LogP contribution is 2.43. The minimum absolute atomic E-state index is 0.0798. The highest BCUT2D eigenvalue weighted by Gasteiger charge is 2.22. The number of fused-ring (bicyclic) bond motifs is 2. The highest BCUT2D eigenvalue weighted by atomic mass is 16.5. The van der Waals surface area contributed by atoms with Crippen molar-refractivity contribution < 1.29 is 19.4 Å². The van der Waals surface area contributed by atoms with Crippen LogP contribution in [0.3, 0.4) is 0 Å². The lowest BCUT2D eigenvalue weighted by atomic mass is 10.1. The van der Waals surface area contributed by atoms with Gasteiger partial charge in [0.15, 0.2) is 17.3 Å². The highest BCUT2D eigenvalue weighted by molar-refractivity contribution is 6.06. The van der Waals surface area contributed by atoms with Gasteiger partial charge in [-0.15, -0.1) is 0 Å². The molecule has 0 saturated carbocycles. The Morgan fingerprint density at radius 2 is 1.74 bits per heavy atom. The van der Waals surface area contributed by atoms with Crippen LogP contribution in [0.4, 0.5) is 11.4 Å². The molecule has 0 unspecified atom stereocenters. The smallest absolute Gasteiger partial charge is 0.337 e. The lowest BCUT2D eigenvalue weighted by molar-refractivity contribution is 0.0697. The number of carboxylic acids is 1. The number of para-hydroxylation sites is 1. The number of rotatable bonds is 4. The van der Waals surface area contributed by atoms with E-state index in [0.717, 1.165) is 5.56 Å². The number of hydrogen-bond donors (Lipinski definition) is 2. The van der Waals surface area contributed by atoms with Crippen molar-refractivity contribution in [2.75, 3.05) is 5.32 Å². The van der Waals surface area contributed by atoms with Crippen molar-refractivity contribution in [3.8, 4) is 11.5 Å². The summed E-state index contributed by atoms with van der Waals surface area (Å²) < 4.78 is 5.86. The van der Waals surface area contributed by atoms with E-state index in [1.54, 1.807) is 42.5 Å². The van der Waals surface area contributed by atoms with Gasteiger partial charge in [0.05, 0.1) is 16.9 Å². The summed E-state index contributed by atoms with van der Waals surface area (Å²) in [5.74, 6) is -0.0857. The van der Waals surface area contributed by atoms with Gasteiger partial charge in [0.25, 0.3) is 0 Å². The van der Waals surface area contributed by atoms with E-state index >= 15 is 0 Å². The lowest BCUT2D eigenvalue weighted by Gasteiger charge is -2.23. The molecule has 2 N–H and O–H groups in total. The first-order valence-electron chi connectivity index (χ1n) is 8.34. The van der Waals surface area contributed by atoms with Crippen molar-refractivity contribution in [3.63, 3.8) is 0 Å².